The molecule has 0 N–H and O–H groups in total. The zero-order valence-corrected chi connectivity index (χ0v) is 33.1. The van der Waals surface area contributed by atoms with Gasteiger partial charge in [-0.15, -0.1) is 34.0 Å². The first-order valence-corrected chi connectivity index (χ1v) is 17.5. The monoisotopic (exact) mass is 776 g/mol. The van der Waals surface area contributed by atoms with Gasteiger partial charge in [-0.3, -0.25) is 9.97 Å². The molecule has 2 aromatic heterocycles. The van der Waals surface area contributed by atoms with E-state index < -0.39 is 0 Å². The first kappa shape index (κ1) is 42.8. The van der Waals surface area contributed by atoms with Gasteiger partial charge in [0.15, 0.2) is 0 Å². The zero-order chi connectivity index (χ0) is 32.7. The highest BCUT2D eigenvalue weighted by molar-refractivity contribution is 8.93. The van der Waals surface area contributed by atoms with Gasteiger partial charge in [-0.25, -0.2) is 0 Å². The lowest BCUT2D eigenvalue weighted by molar-refractivity contribution is 0.678. The minimum atomic E-state index is 0. The van der Waals surface area contributed by atoms with E-state index in [9.17, 15) is 0 Å². The van der Waals surface area contributed by atoms with E-state index in [1.807, 2.05) is 49.1 Å². The lowest BCUT2D eigenvalue weighted by atomic mass is 10.1. The summed E-state index contributed by atoms with van der Waals surface area (Å²) in [6, 6.07) is 25.9. The quantitative estimate of drug-likeness (QED) is 0.101. The van der Waals surface area contributed by atoms with Crippen molar-refractivity contribution in [1.82, 2.24) is 9.97 Å². The normalized spacial score (nSPS) is 10.6. The Morgan fingerprint density at radius 3 is 0.896 bits per heavy atom. The first-order valence-electron chi connectivity index (χ1n) is 17.5. The van der Waals surface area contributed by atoms with Crippen molar-refractivity contribution in [3.8, 4) is 0 Å². The molecule has 4 rings (SSSR count). The molecule has 0 saturated carbocycles. The van der Waals surface area contributed by atoms with E-state index in [0.29, 0.717) is 0 Å². The van der Waals surface area contributed by atoms with Crippen LogP contribution in [0.15, 0.2) is 97.6 Å². The first-order chi connectivity index (χ1) is 22.7. The largest absolute Gasteiger partial charge is 0.372 e. The smallest absolute Gasteiger partial charge is 0.0366 e. The van der Waals surface area contributed by atoms with Crippen LogP contribution in [0.4, 0.5) is 11.4 Å². The Hall–Kier alpha value is -3.22. The van der Waals surface area contributed by atoms with Crippen molar-refractivity contribution in [2.24, 2.45) is 0 Å². The number of aromatic nitrogens is 2. The summed E-state index contributed by atoms with van der Waals surface area (Å²) in [4.78, 5) is 13.1. The summed E-state index contributed by atoms with van der Waals surface area (Å²) in [6.45, 7) is 13.6. The van der Waals surface area contributed by atoms with Crippen LogP contribution in [0.5, 0.6) is 0 Å². The molecule has 0 aliphatic heterocycles. The van der Waals surface area contributed by atoms with Gasteiger partial charge >= 0.3 is 0 Å². The maximum absolute atomic E-state index is 4.04. The maximum atomic E-state index is 4.04. The summed E-state index contributed by atoms with van der Waals surface area (Å²) in [6.07, 6.45) is 25.9. The molecule has 4 nitrogen and oxygen atoms in total. The van der Waals surface area contributed by atoms with E-state index in [1.54, 1.807) is 0 Å². The van der Waals surface area contributed by atoms with Crippen molar-refractivity contribution < 1.29 is 0 Å². The van der Waals surface area contributed by atoms with E-state index in [2.05, 4.69) is 120 Å². The Morgan fingerprint density at radius 2 is 0.646 bits per heavy atom. The molecule has 2 heterocycles. The average Bonchev–Trinajstić information content (AvgIpc) is 3.12. The van der Waals surface area contributed by atoms with Crippen LogP contribution in [0.3, 0.4) is 0 Å². The predicted octanol–water partition coefficient (Wildman–Crippen LogP) is 12.5. The van der Waals surface area contributed by atoms with Gasteiger partial charge in [-0.05, 0) is 96.5 Å². The molecule has 0 bridgehead atoms. The number of pyridine rings is 2. The lowest BCUT2D eigenvalue weighted by Crippen LogP contribution is -2.25. The van der Waals surface area contributed by atoms with Gasteiger partial charge in [0.25, 0.3) is 0 Å². The van der Waals surface area contributed by atoms with E-state index in [4.69, 9.17) is 0 Å². The van der Waals surface area contributed by atoms with Crippen LogP contribution in [0.2, 0.25) is 0 Å². The molecule has 48 heavy (non-hydrogen) atoms. The second-order valence-electron chi connectivity index (χ2n) is 11.8. The molecule has 6 heteroatoms. The predicted molar refractivity (Wildman–Crippen MR) is 224 cm³/mol. The van der Waals surface area contributed by atoms with E-state index in [0.717, 1.165) is 26.2 Å². The van der Waals surface area contributed by atoms with Crippen LogP contribution in [0, 0.1) is 0 Å². The summed E-state index contributed by atoms with van der Waals surface area (Å²) < 4.78 is 0. The summed E-state index contributed by atoms with van der Waals surface area (Å²) in [5.41, 5.74) is 7.50. The Kier molecular flexibility index (Phi) is 23.8. The van der Waals surface area contributed by atoms with Crippen LogP contribution in [0.25, 0.3) is 24.3 Å². The van der Waals surface area contributed by atoms with E-state index in [1.165, 1.54) is 85.0 Å². The highest BCUT2D eigenvalue weighted by Gasteiger charge is 2.06. The molecular weight excluding hydrogens is 720 g/mol. The molecule has 0 aliphatic carbocycles. The van der Waals surface area contributed by atoms with Crippen LogP contribution < -0.4 is 9.80 Å². The lowest BCUT2D eigenvalue weighted by Gasteiger charge is -2.24. The van der Waals surface area contributed by atoms with E-state index >= 15 is 0 Å². The third-order valence-corrected chi connectivity index (χ3v) is 7.99. The third-order valence-electron chi connectivity index (χ3n) is 7.99. The number of halogens is 2. The van der Waals surface area contributed by atoms with Crippen molar-refractivity contribution in [3.63, 3.8) is 0 Å². The van der Waals surface area contributed by atoms with Crippen molar-refractivity contribution in [1.29, 1.82) is 0 Å². The fourth-order valence-electron chi connectivity index (χ4n) is 5.06. The molecule has 4 aromatic rings. The van der Waals surface area contributed by atoms with Crippen LogP contribution in [-0.2, 0) is 0 Å². The maximum Gasteiger partial charge on any atom is 0.0366 e. The van der Waals surface area contributed by atoms with Crippen molar-refractivity contribution in [2.45, 2.75) is 79.1 Å². The molecule has 0 aliphatic rings. The molecule has 0 saturated heterocycles. The Labute approximate surface area is 313 Å². The van der Waals surface area contributed by atoms with Gasteiger partial charge in [0.1, 0.15) is 0 Å². The SMILES string of the molecule is Br.Br.CCCCN(CCCC)c1ccc(C=Cc2ccncc2)cc1.CCCCN(CCCC)c1ccc(C=Cc2ccncc2)cc1. The van der Waals surface area contributed by atoms with Gasteiger partial charge in [0, 0.05) is 62.3 Å². The average molecular weight is 779 g/mol. The minimum Gasteiger partial charge on any atom is -0.372 e. The van der Waals surface area contributed by atoms with Gasteiger partial charge in [0.05, 0.1) is 0 Å². The summed E-state index contributed by atoms with van der Waals surface area (Å²) >= 11 is 0. The summed E-state index contributed by atoms with van der Waals surface area (Å²) in [7, 11) is 0. The van der Waals surface area contributed by atoms with Crippen LogP contribution in [-0.4, -0.2) is 36.1 Å². The minimum absolute atomic E-state index is 0. The third kappa shape index (κ3) is 16.7. The fourth-order valence-corrected chi connectivity index (χ4v) is 5.06. The standard InChI is InChI=1S/2C21H28N2.2BrH/c2*1-3-5-17-23(18-6-4-2)21-11-9-19(10-12-21)7-8-20-13-15-22-16-14-20;;/h2*7-16H,3-6,17-18H2,1-2H3;2*1H. The Morgan fingerprint density at radius 1 is 0.396 bits per heavy atom. The number of hydrogen-bond acceptors (Lipinski definition) is 4. The number of benzene rings is 2. The van der Waals surface area contributed by atoms with Gasteiger partial charge in [-0.1, -0.05) is 102 Å². The molecule has 0 fully saturated rings. The molecule has 0 spiro atoms. The molecule has 0 atom stereocenters. The topological polar surface area (TPSA) is 32.3 Å². The second-order valence-corrected chi connectivity index (χ2v) is 11.8. The number of anilines is 2. The molecule has 0 amide bonds. The summed E-state index contributed by atoms with van der Waals surface area (Å²) in [5.74, 6) is 0. The molecular formula is C42H58Br2N4. The highest BCUT2D eigenvalue weighted by Crippen LogP contribution is 2.20. The summed E-state index contributed by atoms with van der Waals surface area (Å²) in [5, 5.41) is 0. The van der Waals surface area contributed by atoms with Gasteiger partial charge < -0.3 is 9.80 Å². The van der Waals surface area contributed by atoms with Crippen molar-refractivity contribution >= 4 is 69.6 Å². The fraction of sp³-hybridized carbons (Fsp3) is 0.381. The number of nitrogens with zero attached hydrogens (tertiary/aromatic N) is 4. The highest BCUT2D eigenvalue weighted by atomic mass is 79.9. The van der Waals surface area contributed by atoms with Gasteiger partial charge in [0.2, 0.25) is 0 Å². The molecule has 0 unspecified atom stereocenters. The molecule has 0 radical (unpaired) electrons. The van der Waals surface area contributed by atoms with Crippen molar-refractivity contribution in [2.75, 3.05) is 36.0 Å². The van der Waals surface area contributed by atoms with E-state index in [-0.39, 0.29) is 34.0 Å². The Balaban J connectivity index is 0.000000461. The molecule has 2 aromatic carbocycles. The molecule has 260 valence electrons. The number of rotatable bonds is 18. The van der Waals surface area contributed by atoms with Crippen molar-refractivity contribution in [3.05, 3.63) is 120 Å². The zero-order valence-electron chi connectivity index (χ0n) is 29.6. The second kappa shape index (κ2) is 26.7. The number of unbranched alkanes of at least 4 members (excludes halogenated alkanes) is 4. The number of hydrogen-bond donors (Lipinski definition) is 0. The van der Waals surface area contributed by atoms with Gasteiger partial charge in [-0.2, -0.15) is 0 Å². The van der Waals surface area contributed by atoms with Crippen LogP contribution >= 0.6 is 34.0 Å². The Bertz CT molecular complexity index is 1250. The van der Waals surface area contributed by atoms with Crippen LogP contribution in [0.1, 0.15) is 101 Å².